The number of fused-ring (bicyclic) bond motifs is 1. The van der Waals surface area contributed by atoms with E-state index in [1.165, 1.54) is 35.3 Å². The molecule has 0 aliphatic heterocycles. The average molecular weight is 635 g/mol. The lowest BCUT2D eigenvalue weighted by Crippen LogP contribution is -2.26. The molecule has 2 aromatic carbocycles. The lowest BCUT2D eigenvalue weighted by Gasteiger charge is -2.04. The van der Waals surface area contributed by atoms with Crippen LogP contribution in [0.15, 0.2) is 65.1 Å². The van der Waals surface area contributed by atoms with Gasteiger partial charge < -0.3 is 26.3 Å². The highest BCUT2D eigenvalue weighted by Gasteiger charge is 2.17. The number of carbonyl (C=O) groups is 3. The highest BCUT2D eigenvalue weighted by atomic mass is 32.1. The van der Waals surface area contributed by atoms with Gasteiger partial charge in [0.2, 0.25) is 0 Å². The summed E-state index contributed by atoms with van der Waals surface area (Å²) in [7, 11) is 3.64. The number of aldehydes is 2. The predicted octanol–water partition coefficient (Wildman–Crippen LogP) is 5.05. The maximum absolute atomic E-state index is 11.4. The summed E-state index contributed by atoms with van der Waals surface area (Å²) < 4.78 is 0. The van der Waals surface area contributed by atoms with Crippen LogP contribution in [-0.4, -0.2) is 61.7 Å². The van der Waals surface area contributed by atoms with E-state index in [4.69, 9.17) is 5.11 Å². The molecule has 232 valence electrons. The Kier molecular flexibility index (Phi) is 13.9. The molecule has 0 radical (unpaired) electrons. The van der Waals surface area contributed by atoms with Gasteiger partial charge in [-0.15, -0.1) is 22.7 Å². The molecule has 44 heavy (non-hydrogen) atoms. The molecule has 1 aliphatic rings. The Morgan fingerprint density at radius 2 is 1.66 bits per heavy atom. The third kappa shape index (κ3) is 9.68. The zero-order valence-electron chi connectivity index (χ0n) is 25.1. The first-order chi connectivity index (χ1) is 21.3. The van der Waals surface area contributed by atoms with Gasteiger partial charge in [0, 0.05) is 31.1 Å². The summed E-state index contributed by atoms with van der Waals surface area (Å²) in [6.07, 6.45) is 5.05. The van der Waals surface area contributed by atoms with Crippen molar-refractivity contribution in [2.45, 2.75) is 32.7 Å². The summed E-state index contributed by atoms with van der Waals surface area (Å²) >= 11 is 2.77. The van der Waals surface area contributed by atoms with Gasteiger partial charge in [0.05, 0.1) is 32.5 Å². The molecular weight excluding hydrogens is 597 g/mol. The largest absolute Gasteiger partial charge is 0.506 e. The number of nitrogens with one attached hydrogen (secondary N) is 3. The van der Waals surface area contributed by atoms with E-state index in [9.17, 15) is 19.5 Å². The number of aromatic hydroxyl groups is 1. The molecule has 0 atom stereocenters. The van der Waals surface area contributed by atoms with Crippen molar-refractivity contribution in [3.8, 4) is 16.2 Å². The van der Waals surface area contributed by atoms with Crippen molar-refractivity contribution in [3.63, 3.8) is 0 Å². The van der Waals surface area contributed by atoms with E-state index in [0.29, 0.717) is 21.1 Å². The molecule has 0 saturated carbocycles. The van der Waals surface area contributed by atoms with Gasteiger partial charge in [-0.05, 0) is 85.8 Å². The highest BCUT2D eigenvalue weighted by Crippen LogP contribution is 2.40. The first-order valence-corrected chi connectivity index (χ1v) is 15.8. The number of aryl methyl sites for hydroxylation is 2. The standard InChI is InChI=1S/C16H18N2OS.C11H16N2O2.C6H4O2S/c1-10(18-17-2)14-9-20-16(15(14)19)13-7-6-11-4-3-5-12(11)8-13;1-12-8-9-2-4-10(5-3-9)11(15)13-6-7-14;7-3-5-1-2-6(4-8)9-5/h6-9,17,19H,3-5H2,1-2H3;2-5,12,14H,6-8H2,1H3,(H,13,15);1-4H/b18-10+;;. The number of hydrogen-bond acceptors (Lipinski definition) is 10. The van der Waals surface area contributed by atoms with Gasteiger partial charge in [0.25, 0.3) is 5.91 Å². The van der Waals surface area contributed by atoms with Gasteiger partial charge >= 0.3 is 0 Å². The lowest BCUT2D eigenvalue weighted by molar-refractivity contribution is 0.0944. The SMILES string of the molecule is CN/N=C(\C)c1csc(-c2ccc3c(c2)CCC3)c1O.CNCc1ccc(C(=O)NCCO)cc1.O=Cc1ccc(C=O)s1. The minimum atomic E-state index is -0.153. The summed E-state index contributed by atoms with van der Waals surface area (Å²) in [6.45, 7) is 2.93. The monoisotopic (exact) mass is 634 g/mol. The van der Waals surface area contributed by atoms with Crippen LogP contribution in [-0.2, 0) is 19.4 Å². The van der Waals surface area contributed by atoms with E-state index < -0.39 is 0 Å². The molecule has 2 heterocycles. The van der Waals surface area contributed by atoms with Crippen molar-refractivity contribution in [1.82, 2.24) is 16.1 Å². The van der Waals surface area contributed by atoms with Crippen molar-refractivity contribution in [1.29, 1.82) is 0 Å². The van der Waals surface area contributed by atoms with Gasteiger partial charge in [-0.3, -0.25) is 14.4 Å². The van der Waals surface area contributed by atoms with Crippen LogP contribution in [0.3, 0.4) is 0 Å². The fourth-order valence-corrected chi connectivity index (χ4v) is 6.14. The van der Waals surface area contributed by atoms with Crippen LogP contribution in [0.4, 0.5) is 0 Å². The quantitative estimate of drug-likeness (QED) is 0.0934. The van der Waals surface area contributed by atoms with Crippen LogP contribution in [0.1, 0.15) is 65.3 Å². The normalized spacial score (nSPS) is 11.8. The topological polar surface area (TPSA) is 140 Å². The Labute approximate surface area is 265 Å². The van der Waals surface area contributed by atoms with Crippen molar-refractivity contribution in [2.24, 2.45) is 5.10 Å². The molecule has 9 nitrogen and oxygen atoms in total. The molecule has 0 fully saturated rings. The van der Waals surface area contributed by atoms with Crippen LogP contribution in [0.5, 0.6) is 5.75 Å². The molecule has 0 saturated heterocycles. The van der Waals surface area contributed by atoms with E-state index in [0.717, 1.165) is 52.8 Å². The molecule has 11 heteroatoms. The van der Waals surface area contributed by atoms with Crippen LogP contribution in [0.2, 0.25) is 0 Å². The second-order valence-electron chi connectivity index (χ2n) is 9.77. The number of hydrazone groups is 1. The summed E-state index contributed by atoms with van der Waals surface area (Å²) in [6, 6.07) is 17.2. The minimum Gasteiger partial charge on any atom is -0.506 e. The van der Waals surface area contributed by atoms with E-state index in [1.807, 2.05) is 31.5 Å². The van der Waals surface area contributed by atoms with Crippen LogP contribution in [0.25, 0.3) is 10.4 Å². The van der Waals surface area contributed by atoms with Crippen LogP contribution < -0.4 is 16.1 Å². The Hall–Kier alpha value is -4.16. The molecule has 0 spiro atoms. The number of aliphatic hydroxyl groups is 1. The van der Waals surface area contributed by atoms with Crippen LogP contribution in [0, 0.1) is 0 Å². The van der Waals surface area contributed by atoms with Crippen LogP contribution >= 0.6 is 22.7 Å². The Bertz CT molecular complexity index is 1540. The zero-order chi connectivity index (χ0) is 31.9. The maximum Gasteiger partial charge on any atom is 0.251 e. The smallest absolute Gasteiger partial charge is 0.251 e. The van der Waals surface area contributed by atoms with Gasteiger partial charge in [0.15, 0.2) is 12.6 Å². The molecule has 1 aliphatic carbocycles. The average Bonchev–Trinajstić information content (AvgIpc) is 3.80. The third-order valence-corrected chi connectivity index (χ3v) is 8.62. The van der Waals surface area contributed by atoms with E-state index >= 15 is 0 Å². The summed E-state index contributed by atoms with van der Waals surface area (Å²) in [5, 5.41) is 30.7. The number of thiophene rings is 2. The number of carbonyl (C=O) groups excluding carboxylic acids is 3. The zero-order valence-corrected chi connectivity index (χ0v) is 26.7. The Balaban J connectivity index is 0.000000194. The van der Waals surface area contributed by atoms with Gasteiger partial charge in [0.1, 0.15) is 5.75 Å². The highest BCUT2D eigenvalue weighted by molar-refractivity contribution is 7.15. The molecule has 2 aromatic heterocycles. The third-order valence-electron chi connectivity index (χ3n) is 6.67. The number of nitrogens with zero attached hydrogens (tertiary/aromatic N) is 1. The fourth-order valence-electron chi connectivity index (χ4n) is 4.50. The number of benzene rings is 2. The summed E-state index contributed by atoms with van der Waals surface area (Å²) in [4.78, 5) is 33.6. The van der Waals surface area contributed by atoms with Gasteiger partial charge in [-0.1, -0.05) is 24.3 Å². The molecular formula is C33H38N4O5S2. The van der Waals surface area contributed by atoms with Gasteiger partial charge in [-0.2, -0.15) is 5.10 Å². The number of hydrogen-bond donors (Lipinski definition) is 5. The van der Waals surface area contributed by atoms with Crippen molar-refractivity contribution in [2.75, 3.05) is 27.2 Å². The fraction of sp³-hybridized carbons (Fsp3) is 0.273. The van der Waals surface area contributed by atoms with Crippen molar-refractivity contribution >= 4 is 46.9 Å². The lowest BCUT2D eigenvalue weighted by atomic mass is 10.0. The number of amides is 1. The first kappa shape index (κ1) is 34.3. The second kappa shape index (κ2) is 17.8. The summed E-state index contributed by atoms with van der Waals surface area (Å²) in [5.74, 6) is 0.185. The second-order valence-corrected chi connectivity index (χ2v) is 11.8. The van der Waals surface area contributed by atoms with E-state index in [-0.39, 0.29) is 19.1 Å². The minimum absolute atomic E-state index is 0.0381. The Morgan fingerprint density at radius 1 is 0.977 bits per heavy atom. The van der Waals surface area contributed by atoms with Gasteiger partial charge in [-0.25, -0.2) is 0 Å². The Morgan fingerprint density at radius 3 is 2.25 bits per heavy atom. The molecule has 5 rings (SSSR count). The number of aliphatic hydroxyl groups excluding tert-OH is 1. The van der Waals surface area contributed by atoms with E-state index in [2.05, 4.69) is 39.4 Å². The molecule has 0 unspecified atom stereocenters. The van der Waals surface area contributed by atoms with Crippen molar-refractivity contribution < 1.29 is 24.6 Å². The predicted molar refractivity (Wildman–Crippen MR) is 178 cm³/mol. The maximum atomic E-state index is 11.4. The number of rotatable bonds is 10. The van der Waals surface area contributed by atoms with E-state index in [1.54, 1.807) is 42.6 Å². The molecule has 1 amide bonds. The molecule has 0 bridgehead atoms. The summed E-state index contributed by atoms with van der Waals surface area (Å²) in [5.41, 5.74) is 10.1. The molecule has 4 aromatic rings. The molecule has 5 N–H and O–H groups in total. The van der Waals surface area contributed by atoms with Crippen molar-refractivity contribution in [3.05, 3.63) is 97.5 Å². The first-order valence-electron chi connectivity index (χ1n) is 14.1.